The first-order chi connectivity index (χ1) is 15.6. The van der Waals surface area contributed by atoms with Crippen molar-refractivity contribution in [2.24, 2.45) is 0 Å². The summed E-state index contributed by atoms with van der Waals surface area (Å²) < 4.78 is 131. The second kappa shape index (κ2) is 8.94. The highest BCUT2D eigenvalue weighted by Gasteiger charge is 2.60. The smallest absolute Gasteiger partial charge is 0.297 e. The monoisotopic (exact) mass is 530 g/mol. The second-order valence-electron chi connectivity index (χ2n) is 7.24. The molecular formula is C19H16F6N2O5S2. The van der Waals surface area contributed by atoms with Crippen LogP contribution in [0.25, 0.3) is 0 Å². The first-order valence-corrected chi connectivity index (χ1v) is 12.2. The van der Waals surface area contributed by atoms with Gasteiger partial charge in [0.25, 0.3) is 0 Å². The molecule has 0 N–H and O–H groups in total. The summed E-state index contributed by atoms with van der Waals surface area (Å²) in [5.74, 6) is -1.47. The molecule has 1 fully saturated rings. The van der Waals surface area contributed by atoms with E-state index >= 15 is 0 Å². The normalized spacial score (nSPS) is 21.9. The number of halogens is 6. The van der Waals surface area contributed by atoms with Gasteiger partial charge < -0.3 is 0 Å². The maximum Gasteiger partial charge on any atom is 0.511 e. The van der Waals surface area contributed by atoms with Crippen molar-refractivity contribution in [3.8, 4) is 0 Å². The Morgan fingerprint density at radius 2 is 0.912 bits per heavy atom. The molecule has 34 heavy (non-hydrogen) atoms. The summed E-state index contributed by atoms with van der Waals surface area (Å²) in [6, 6.07) is 8.18. The van der Waals surface area contributed by atoms with E-state index < -0.39 is 62.0 Å². The minimum Gasteiger partial charge on any atom is -0.297 e. The van der Waals surface area contributed by atoms with Gasteiger partial charge in [-0.1, -0.05) is 60.7 Å². The molecular weight excluding hydrogens is 514 g/mol. The van der Waals surface area contributed by atoms with Crippen LogP contribution in [0.5, 0.6) is 0 Å². The van der Waals surface area contributed by atoms with Crippen LogP contribution in [0.3, 0.4) is 0 Å². The van der Waals surface area contributed by atoms with Gasteiger partial charge in [0.1, 0.15) is 0 Å². The van der Waals surface area contributed by atoms with Gasteiger partial charge in [0, 0.05) is 0 Å². The highest BCUT2D eigenvalue weighted by atomic mass is 32.2. The minimum atomic E-state index is -6.29. The Morgan fingerprint density at radius 1 is 0.618 bits per heavy atom. The van der Waals surface area contributed by atoms with E-state index in [9.17, 15) is 48.0 Å². The molecule has 0 aliphatic carbocycles. The Balaban J connectivity index is 2.41. The summed E-state index contributed by atoms with van der Waals surface area (Å²) in [6.07, 6.45) is 0. The Bertz CT molecular complexity index is 1150. The number of rotatable bonds is 4. The molecule has 186 valence electrons. The summed E-state index contributed by atoms with van der Waals surface area (Å²) in [4.78, 5) is 12.5. The lowest BCUT2D eigenvalue weighted by Gasteiger charge is -2.38. The quantitative estimate of drug-likeness (QED) is 0.566. The van der Waals surface area contributed by atoms with Gasteiger partial charge in [-0.2, -0.15) is 35.0 Å². The molecule has 3 rings (SSSR count). The zero-order valence-electron chi connectivity index (χ0n) is 16.9. The van der Waals surface area contributed by atoms with Crippen molar-refractivity contribution in [1.82, 2.24) is 8.61 Å². The molecule has 0 radical (unpaired) electrons. The number of Topliss-reactive ketones (excluding diaryl/α,β-unsaturated/α-hetero) is 1. The largest absolute Gasteiger partial charge is 0.511 e. The van der Waals surface area contributed by atoms with Crippen LogP contribution < -0.4 is 0 Å². The molecule has 0 amide bonds. The van der Waals surface area contributed by atoms with E-state index in [-0.39, 0.29) is 19.7 Å². The maximum absolute atomic E-state index is 13.6. The summed E-state index contributed by atoms with van der Waals surface area (Å²) >= 11 is 0. The van der Waals surface area contributed by atoms with Crippen LogP contribution in [-0.4, -0.2) is 55.3 Å². The third kappa shape index (κ3) is 4.69. The summed E-state index contributed by atoms with van der Waals surface area (Å²) in [6.45, 7) is -2.98. The summed E-state index contributed by atoms with van der Waals surface area (Å²) in [5.41, 5.74) is -12.3. The van der Waals surface area contributed by atoms with Gasteiger partial charge in [0.2, 0.25) is 0 Å². The Morgan fingerprint density at radius 3 is 1.18 bits per heavy atom. The summed E-state index contributed by atoms with van der Waals surface area (Å²) in [7, 11) is -12.6. The topological polar surface area (TPSA) is 91.8 Å². The van der Waals surface area contributed by atoms with Crippen LogP contribution in [0.1, 0.15) is 23.2 Å². The highest BCUT2D eigenvalue weighted by molar-refractivity contribution is 7.90. The molecule has 1 heterocycles. The van der Waals surface area contributed by atoms with Crippen molar-refractivity contribution in [3.05, 3.63) is 71.8 Å². The van der Waals surface area contributed by atoms with Crippen molar-refractivity contribution in [2.45, 2.75) is 23.1 Å². The Kier molecular flexibility index (Phi) is 6.87. The molecule has 2 aromatic rings. The fraction of sp³-hybridized carbons (Fsp3) is 0.316. The first kappa shape index (κ1) is 26.1. The van der Waals surface area contributed by atoms with E-state index in [1.165, 1.54) is 36.4 Å². The zero-order chi connectivity index (χ0) is 25.5. The second-order valence-corrected chi connectivity index (χ2v) is 11.0. The Labute approximate surface area is 190 Å². The lowest BCUT2D eigenvalue weighted by molar-refractivity contribution is -0.119. The average Bonchev–Trinajstić information content (AvgIpc) is 2.90. The SMILES string of the molecule is O=C1CN(S(=O)(=O)C(F)(F)F)[C@@H](c2ccccc2)[C@H](c2ccccc2)N(S(=O)(=O)C(F)(F)F)C1. The third-order valence-corrected chi connectivity index (χ3v) is 8.19. The van der Waals surface area contributed by atoms with E-state index in [0.29, 0.717) is 0 Å². The van der Waals surface area contributed by atoms with Crippen molar-refractivity contribution in [3.63, 3.8) is 0 Å². The average molecular weight is 530 g/mol. The molecule has 0 aromatic heterocycles. The van der Waals surface area contributed by atoms with Crippen LogP contribution in [0.4, 0.5) is 26.3 Å². The molecule has 0 spiro atoms. The van der Waals surface area contributed by atoms with Crippen LogP contribution in [-0.2, 0) is 24.8 Å². The number of carbonyl (C=O) groups excluding carboxylic acids is 1. The lowest BCUT2D eigenvalue weighted by Crippen LogP contribution is -2.48. The van der Waals surface area contributed by atoms with Gasteiger partial charge in [0.05, 0.1) is 25.2 Å². The van der Waals surface area contributed by atoms with Gasteiger partial charge in [-0.3, -0.25) is 4.79 Å². The number of carbonyl (C=O) groups is 1. The molecule has 2 aromatic carbocycles. The number of sulfonamides is 2. The van der Waals surface area contributed by atoms with E-state index in [4.69, 9.17) is 0 Å². The number of ketones is 1. The number of nitrogens with zero attached hydrogens (tertiary/aromatic N) is 2. The van der Waals surface area contributed by atoms with E-state index in [2.05, 4.69) is 0 Å². The lowest BCUT2D eigenvalue weighted by atomic mass is 9.93. The van der Waals surface area contributed by atoms with Crippen molar-refractivity contribution in [2.75, 3.05) is 13.1 Å². The molecule has 0 bridgehead atoms. The van der Waals surface area contributed by atoms with Crippen LogP contribution in [0, 0.1) is 0 Å². The predicted octanol–water partition coefficient (Wildman–Crippen LogP) is 3.35. The van der Waals surface area contributed by atoms with E-state index in [1.54, 1.807) is 0 Å². The first-order valence-electron chi connectivity index (χ1n) is 9.37. The molecule has 1 aliphatic heterocycles. The molecule has 0 saturated carbocycles. The molecule has 1 aliphatic rings. The molecule has 0 unspecified atom stereocenters. The van der Waals surface area contributed by atoms with Crippen molar-refractivity contribution < 1.29 is 48.0 Å². The fourth-order valence-electron chi connectivity index (χ4n) is 3.64. The van der Waals surface area contributed by atoms with E-state index in [1.807, 2.05) is 0 Å². The summed E-state index contributed by atoms with van der Waals surface area (Å²) in [5, 5.41) is 0. The number of alkyl halides is 6. The standard InChI is InChI=1S/C19H16F6N2O5S2/c20-18(21,22)33(29,30)26-11-15(28)12-27(34(31,32)19(23,24)25)17(14-9-5-2-6-10-14)16(26)13-7-3-1-4-8-13/h1-10,16-17H,11-12H2/t16-,17-/m0/s1. The third-order valence-electron chi connectivity index (χ3n) is 5.07. The molecule has 15 heteroatoms. The number of benzene rings is 2. The zero-order valence-corrected chi connectivity index (χ0v) is 18.5. The Hall–Kier alpha value is -2.49. The van der Waals surface area contributed by atoms with Gasteiger partial charge in [0.15, 0.2) is 5.78 Å². The van der Waals surface area contributed by atoms with Gasteiger partial charge in [-0.15, -0.1) is 0 Å². The molecule has 2 atom stereocenters. The van der Waals surface area contributed by atoms with Crippen molar-refractivity contribution in [1.29, 1.82) is 0 Å². The van der Waals surface area contributed by atoms with Gasteiger partial charge >= 0.3 is 31.1 Å². The van der Waals surface area contributed by atoms with Crippen LogP contribution in [0.2, 0.25) is 0 Å². The number of hydrogen-bond donors (Lipinski definition) is 0. The predicted molar refractivity (Wildman–Crippen MR) is 107 cm³/mol. The molecule has 1 saturated heterocycles. The van der Waals surface area contributed by atoms with Gasteiger partial charge in [-0.25, -0.2) is 16.8 Å². The highest BCUT2D eigenvalue weighted by Crippen LogP contribution is 2.47. The van der Waals surface area contributed by atoms with Gasteiger partial charge in [-0.05, 0) is 11.1 Å². The van der Waals surface area contributed by atoms with Crippen LogP contribution in [0.15, 0.2) is 60.7 Å². The van der Waals surface area contributed by atoms with E-state index in [0.717, 1.165) is 24.3 Å². The molecule has 7 nitrogen and oxygen atoms in total. The number of hydrogen-bond acceptors (Lipinski definition) is 5. The fourth-order valence-corrected chi connectivity index (χ4v) is 5.87. The van der Waals surface area contributed by atoms with Crippen molar-refractivity contribution >= 4 is 25.8 Å². The van der Waals surface area contributed by atoms with Crippen LogP contribution >= 0.6 is 0 Å². The minimum absolute atomic E-state index is 0.249. The maximum atomic E-state index is 13.6.